The fourth-order valence-electron chi connectivity index (χ4n) is 1.65. The summed E-state index contributed by atoms with van der Waals surface area (Å²) < 4.78 is 5.23. The van der Waals surface area contributed by atoms with E-state index in [1.165, 1.54) is 18.3 Å². The molecule has 8 nitrogen and oxygen atoms in total. The second-order valence-electron chi connectivity index (χ2n) is 4.40. The Hall–Kier alpha value is -3.42. The molecule has 2 aromatic carbocycles. The molecule has 0 saturated carbocycles. The molecule has 2 rings (SSSR count). The first-order valence-electron chi connectivity index (χ1n) is 6.53. The Balaban J connectivity index is 1.85. The highest BCUT2D eigenvalue weighted by molar-refractivity contribution is 5.83. The standard InChI is InChI=1S/C15H13N3O5/c19-14-8-11(6-7-13(14)18(21)22)9-16-17-15(20)10-23-12-4-2-1-3-5-12/h1-9,19H,10H2,(H,17,20)/b16-9-. The summed E-state index contributed by atoms with van der Waals surface area (Å²) in [7, 11) is 0. The summed E-state index contributed by atoms with van der Waals surface area (Å²) in [6.07, 6.45) is 1.25. The molecule has 0 aliphatic rings. The van der Waals surface area contributed by atoms with Gasteiger partial charge in [-0.15, -0.1) is 0 Å². The molecule has 0 fully saturated rings. The first kappa shape index (κ1) is 16.0. The Labute approximate surface area is 131 Å². The van der Waals surface area contributed by atoms with Crippen LogP contribution < -0.4 is 10.2 Å². The quantitative estimate of drug-likeness (QED) is 0.479. The summed E-state index contributed by atoms with van der Waals surface area (Å²) in [5, 5.41) is 23.7. The Kier molecular flexibility index (Phi) is 5.24. The number of carbonyl (C=O) groups excluding carboxylic acids is 1. The van der Waals surface area contributed by atoms with E-state index >= 15 is 0 Å². The molecule has 0 aliphatic heterocycles. The number of nitro benzene ring substituents is 1. The van der Waals surface area contributed by atoms with E-state index in [-0.39, 0.29) is 6.61 Å². The molecule has 0 radical (unpaired) electrons. The molecule has 23 heavy (non-hydrogen) atoms. The number of rotatable bonds is 6. The van der Waals surface area contributed by atoms with Gasteiger partial charge in [0.2, 0.25) is 0 Å². The van der Waals surface area contributed by atoms with Crippen LogP contribution in [0.2, 0.25) is 0 Å². The van der Waals surface area contributed by atoms with Crippen LogP contribution in [0.4, 0.5) is 5.69 Å². The van der Waals surface area contributed by atoms with E-state index in [0.717, 1.165) is 6.07 Å². The maximum Gasteiger partial charge on any atom is 0.310 e. The lowest BCUT2D eigenvalue weighted by Gasteiger charge is -2.04. The molecule has 118 valence electrons. The molecule has 0 aliphatic carbocycles. The van der Waals surface area contributed by atoms with Gasteiger partial charge in [-0.25, -0.2) is 5.43 Å². The first-order chi connectivity index (χ1) is 11.1. The van der Waals surface area contributed by atoms with Crippen molar-refractivity contribution in [2.45, 2.75) is 0 Å². The van der Waals surface area contributed by atoms with Crippen molar-refractivity contribution in [3.63, 3.8) is 0 Å². The van der Waals surface area contributed by atoms with E-state index < -0.39 is 22.3 Å². The fourth-order valence-corrected chi connectivity index (χ4v) is 1.65. The molecular weight excluding hydrogens is 302 g/mol. The molecule has 8 heteroatoms. The zero-order chi connectivity index (χ0) is 16.7. The zero-order valence-corrected chi connectivity index (χ0v) is 11.9. The minimum atomic E-state index is -0.695. The number of hydrazone groups is 1. The number of phenolic OH excluding ortho intramolecular Hbond substituents is 1. The van der Waals surface area contributed by atoms with Crippen molar-refractivity contribution in [3.8, 4) is 11.5 Å². The molecule has 0 unspecified atom stereocenters. The molecule has 0 spiro atoms. The van der Waals surface area contributed by atoms with E-state index in [4.69, 9.17) is 4.74 Å². The fraction of sp³-hybridized carbons (Fsp3) is 0.0667. The third-order valence-corrected chi connectivity index (χ3v) is 2.71. The van der Waals surface area contributed by atoms with Crippen molar-refractivity contribution in [1.29, 1.82) is 0 Å². The highest BCUT2D eigenvalue weighted by Gasteiger charge is 2.12. The van der Waals surface area contributed by atoms with Crippen LogP contribution in [0.3, 0.4) is 0 Å². The normalized spacial score (nSPS) is 10.4. The number of benzene rings is 2. The van der Waals surface area contributed by atoms with E-state index in [1.54, 1.807) is 24.3 Å². The lowest BCUT2D eigenvalue weighted by Crippen LogP contribution is -2.24. The summed E-state index contributed by atoms with van der Waals surface area (Å²) in [6.45, 7) is -0.202. The number of ether oxygens (including phenoxy) is 1. The molecule has 0 heterocycles. The maximum absolute atomic E-state index is 11.5. The van der Waals surface area contributed by atoms with E-state index in [9.17, 15) is 20.0 Å². The van der Waals surface area contributed by atoms with E-state index in [2.05, 4.69) is 10.5 Å². The molecule has 0 saturated heterocycles. The Morgan fingerprint density at radius 1 is 1.30 bits per heavy atom. The second-order valence-corrected chi connectivity index (χ2v) is 4.40. The van der Waals surface area contributed by atoms with Gasteiger partial charge in [-0.1, -0.05) is 18.2 Å². The molecule has 2 N–H and O–H groups in total. The van der Waals surface area contributed by atoms with Crippen LogP contribution in [-0.4, -0.2) is 28.8 Å². The lowest BCUT2D eigenvalue weighted by atomic mass is 10.2. The minimum absolute atomic E-state index is 0.202. The molecule has 0 bridgehead atoms. The Morgan fingerprint density at radius 3 is 2.70 bits per heavy atom. The van der Waals surface area contributed by atoms with Gasteiger partial charge in [0, 0.05) is 6.07 Å². The minimum Gasteiger partial charge on any atom is -0.502 e. The van der Waals surface area contributed by atoms with Gasteiger partial charge in [0.15, 0.2) is 12.4 Å². The maximum atomic E-state index is 11.5. The number of hydrogen-bond donors (Lipinski definition) is 2. The van der Waals surface area contributed by atoms with Gasteiger partial charge in [-0.05, 0) is 29.8 Å². The molecular formula is C15H13N3O5. The first-order valence-corrected chi connectivity index (χ1v) is 6.53. The summed E-state index contributed by atoms with van der Waals surface area (Å²) >= 11 is 0. The number of phenols is 1. The van der Waals surface area contributed by atoms with Gasteiger partial charge in [0.25, 0.3) is 5.91 Å². The molecule has 1 amide bonds. The van der Waals surface area contributed by atoms with Gasteiger partial charge in [0.05, 0.1) is 11.1 Å². The van der Waals surface area contributed by atoms with Crippen LogP contribution in [-0.2, 0) is 4.79 Å². The lowest BCUT2D eigenvalue weighted by molar-refractivity contribution is -0.385. The monoisotopic (exact) mass is 315 g/mol. The number of para-hydroxylation sites is 1. The number of amides is 1. The number of aromatic hydroxyl groups is 1. The highest BCUT2D eigenvalue weighted by atomic mass is 16.6. The average molecular weight is 315 g/mol. The molecule has 0 atom stereocenters. The smallest absolute Gasteiger partial charge is 0.310 e. The van der Waals surface area contributed by atoms with Gasteiger partial charge in [-0.3, -0.25) is 14.9 Å². The van der Waals surface area contributed by atoms with E-state index in [1.807, 2.05) is 6.07 Å². The van der Waals surface area contributed by atoms with Crippen molar-refractivity contribution < 1.29 is 19.6 Å². The Morgan fingerprint density at radius 2 is 2.04 bits per heavy atom. The number of carbonyl (C=O) groups is 1. The predicted molar refractivity (Wildman–Crippen MR) is 82.4 cm³/mol. The number of hydrogen-bond acceptors (Lipinski definition) is 6. The number of nitrogens with zero attached hydrogens (tertiary/aromatic N) is 2. The summed E-state index contributed by atoms with van der Waals surface area (Å²) in [6, 6.07) is 12.6. The Bertz CT molecular complexity index is 731. The van der Waals surface area contributed by atoms with Gasteiger partial charge < -0.3 is 9.84 Å². The van der Waals surface area contributed by atoms with Crippen LogP contribution >= 0.6 is 0 Å². The number of nitrogens with one attached hydrogen (secondary N) is 1. The SMILES string of the molecule is O=C(COc1ccccc1)N/N=C\c1ccc([N+](=O)[O-])c(O)c1. The van der Waals surface area contributed by atoms with Gasteiger partial charge in [0.1, 0.15) is 5.75 Å². The predicted octanol–water partition coefficient (Wildman–Crippen LogP) is 1.83. The summed E-state index contributed by atoms with van der Waals surface area (Å²) in [5.41, 5.74) is 2.25. The molecule has 0 aromatic heterocycles. The van der Waals surface area contributed by atoms with Crippen molar-refractivity contribution >= 4 is 17.8 Å². The van der Waals surface area contributed by atoms with Crippen LogP contribution in [0.25, 0.3) is 0 Å². The largest absolute Gasteiger partial charge is 0.502 e. The number of nitro groups is 1. The van der Waals surface area contributed by atoms with Crippen LogP contribution in [0.15, 0.2) is 53.6 Å². The van der Waals surface area contributed by atoms with E-state index in [0.29, 0.717) is 11.3 Å². The van der Waals surface area contributed by atoms with Crippen LogP contribution in [0, 0.1) is 10.1 Å². The zero-order valence-electron chi connectivity index (χ0n) is 11.9. The molecule has 2 aromatic rings. The average Bonchev–Trinajstić information content (AvgIpc) is 2.53. The van der Waals surface area contributed by atoms with Crippen LogP contribution in [0.5, 0.6) is 11.5 Å². The third-order valence-electron chi connectivity index (χ3n) is 2.71. The van der Waals surface area contributed by atoms with Crippen molar-refractivity contribution in [2.24, 2.45) is 5.10 Å². The van der Waals surface area contributed by atoms with Crippen molar-refractivity contribution in [2.75, 3.05) is 6.61 Å². The van der Waals surface area contributed by atoms with Gasteiger partial charge in [-0.2, -0.15) is 5.10 Å². The third kappa shape index (κ3) is 4.81. The summed E-state index contributed by atoms with van der Waals surface area (Å²) in [4.78, 5) is 21.4. The second kappa shape index (κ2) is 7.55. The van der Waals surface area contributed by atoms with Gasteiger partial charge >= 0.3 is 5.69 Å². The van der Waals surface area contributed by atoms with Crippen LogP contribution in [0.1, 0.15) is 5.56 Å². The van der Waals surface area contributed by atoms with Crippen molar-refractivity contribution in [1.82, 2.24) is 5.43 Å². The van der Waals surface area contributed by atoms with Crippen molar-refractivity contribution in [3.05, 3.63) is 64.2 Å². The topological polar surface area (TPSA) is 114 Å². The highest BCUT2D eigenvalue weighted by Crippen LogP contribution is 2.25. The summed E-state index contributed by atoms with van der Waals surface area (Å²) in [5.74, 6) is -0.374.